The standard InChI is InChI=1S/C33H32ClN7O7/c1-3-4-12-30-35-31(34)29(19-42)39(30)18-23-13-15-26(16-14-23)27-10-5-6-11-28(27)32-36-38-40(37-32)22(2)48-33(43)46-20-24-8-7-9-25(17-24)21-47-41(44)45/h5-11,13-17,19,22H,3-4,12,18,20-21H2,1-2H3. The van der Waals surface area contributed by atoms with E-state index in [0.29, 0.717) is 29.2 Å². The van der Waals surface area contributed by atoms with Crippen molar-refractivity contribution in [3.05, 3.63) is 116 Å². The van der Waals surface area contributed by atoms with Gasteiger partial charge in [0.25, 0.3) is 5.09 Å². The Balaban J connectivity index is 1.24. The van der Waals surface area contributed by atoms with Crippen LogP contribution >= 0.6 is 11.6 Å². The molecule has 0 radical (unpaired) electrons. The quantitative estimate of drug-likeness (QED) is 0.0506. The normalized spacial score (nSPS) is 11.6. The second-order valence-corrected chi connectivity index (χ2v) is 11.1. The summed E-state index contributed by atoms with van der Waals surface area (Å²) in [6, 6.07) is 22.2. The molecule has 1 atom stereocenters. The lowest BCUT2D eigenvalue weighted by molar-refractivity contribution is -0.763. The molecule has 0 spiro atoms. The Hall–Kier alpha value is -5.63. The number of aromatic nitrogens is 6. The first-order valence-corrected chi connectivity index (χ1v) is 15.5. The lowest BCUT2D eigenvalue weighted by Crippen LogP contribution is -2.18. The first-order valence-electron chi connectivity index (χ1n) is 15.1. The molecule has 0 aliphatic carbocycles. The van der Waals surface area contributed by atoms with E-state index < -0.39 is 17.5 Å². The number of hydrogen-bond donors (Lipinski definition) is 0. The zero-order valence-electron chi connectivity index (χ0n) is 26.2. The van der Waals surface area contributed by atoms with Gasteiger partial charge in [-0.25, -0.2) is 9.78 Å². The molecule has 1 unspecified atom stereocenters. The van der Waals surface area contributed by atoms with Crippen LogP contribution in [0.4, 0.5) is 4.79 Å². The van der Waals surface area contributed by atoms with E-state index in [0.717, 1.165) is 53.6 Å². The Morgan fingerprint density at radius 3 is 2.46 bits per heavy atom. The molecule has 3 aromatic carbocycles. The number of carbonyl (C=O) groups is 2. The highest BCUT2D eigenvalue weighted by Gasteiger charge is 2.19. The second kappa shape index (κ2) is 15.8. The zero-order valence-corrected chi connectivity index (χ0v) is 26.9. The number of halogens is 1. The van der Waals surface area contributed by atoms with Crippen LogP contribution in [0, 0.1) is 10.1 Å². The first-order chi connectivity index (χ1) is 23.2. The fourth-order valence-electron chi connectivity index (χ4n) is 4.98. The molecule has 0 saturated heterocycles. The minimum Gasteiger partial charge on any atom is -0.429 e. The highest BCUT2D eigenvalue weighted by molar-refractivity contribution is 6.31. The Labute approximate surface area is 280 Å². The molecule has 0 aliphatic rings. The van der Waals surface area contributed by atoms with Gasteiger partial charge in [0, 0.05) is 18.5 Å². The van der Waals surface area contributed by atoms with Gasteiger partial charge in [-0.05, 0) is 46.4 Å². The molecule has 2 heterocycles. The molecule has 14 nitrogen and oxygen atoms in total. The molecular weight excluding hydrogens is 642 g/mol. The monoisotopic (exact) mass is 673 g/mol. The summed E-state index contributed by atoms with van der Waals surface area (Å²) in [6.07, 6.45) is 1.53. The van der Waals surface area contributed by atoms with Crippen LogP contribution < -0.4 is 0 Å². The maximum absolute atomic E-state index is 12.4. The largest absolute Gasteiger partial charge is 0.510 e. The lowest BCUT2D eigenvalue weighted by Gasteiger charge is -2.12. The van der Waals surface area contributed by atoms with Crippen LogP contribution in [0.3, 0.4) is 0 Å². The smallest absolute Gasteiger partial charge is 0.429 e. The van der Waals surface area contributed by atoms with Gasteiger partial charge in [-0.2, -0.15) is 0 Å². The van der Waals surface area contributed by atoms with E-state index in [1.165, 1.54) is 4.80 Å². The van der Waals surface area contributed by atoms with Crippen LogP contribution in [0.5, 0.6) is 0 Å². The first kappa shape index (κ1) is 33.7. The summed E-state index contributed by atoms with van der Waals surface area (Å²) >= 11 is 6.25. The molecule has 15 heteroatoms. The summed E-state index contributed by atoms with van der Waals surface area (Å²) in [6.45, 7) is 3.79. The summed E-state index contributed by atoms with van der Waals surface area (Å²) in [5.41, 5.74) is 5.00. The van der Waals surface area contributed by atoms with Gasteiger partial charge in [-0.1, -0.05) is 97.7 Å². The third kappa shape index (κ3) is 8.39. The summed E-state index contributed by atoms with van der Waals surface area (Å²) in [7, 11) is 0. The van der Waals surface area contributed by atoms with Crippen LogP contribution in [0.2, 0.25) is 5.15 Å². The fraction of sp³-hybridized carbons (Fsp3) is 0.273. The highest BCUT2D eigenvalue weighted by Crippen LogP contribution is 2.30. The number of rotatable bonds is 15. The van der Waals surface area contributed by atoms with Crippen molar-refractivity contribution in [2.45, 2.75) is 59.1 Å². The Morgan fingerprint density at radius 1 is 1.02 bits per heavy atom. The van der Waals surface area contributed by atoms with Gasteiger partial charge in [0.2, 0.25) is 12.1 Å². The number of tetrazole rings is 1. The second-order valence-electron chi connectivity index (χ2n) is 10.8. The maximum Gasteiger partial charge on any atom is 0.510 e. The van der Waals surface area contributed by atoms with Crippen LogP contribution in [0.1, 0.15) is 65.9 Å². The van der Waals surface area contributed by atoms with Gasteiger partial charge >= 0.3 is 6.16 Å². The number of benzene rings is 3. The van der Waals surface area contributed by atoms with Gasteiger partial charge < -0.3 is 18.9 Å². The number of imidazole rings is 1. The summed E-state index contributed by atoms with van der Waals surface area (Å²) < 4.78 is 12.4. The SMILES string of the molecule is CCCCc1nc(Cl)c(C=O)n1Cc1ccc(-c2ccccc2-c2nnn(C(C)OC(=O)OCc3cccc(CO[N+](=O)[O-])c3)n2)cc1. The van der Waals surface area contributed by atoms with Gasteiger partial charge in [0.15, 0.2) is 11.4 Å². The minimum atomic E-state index is -0.954. The van der Waals surface area contributed by atoms with E-state index in [1.807, 2.05) is 53.1 Å². The Morgan fingerprint density at radius 2 is 1.75 bits per heavy atom. The lowest BCUT2D eigenvalue weighted by atomic mass is 9.98. The third-order valence-electron chi connectivity index (χ3n) is 7.39. The molecule has 0 amide bonds. The Kier molecular flexibility index (Phi) is 11.1. The molecule has 0 fully saturated rings. The highest BCUT2D eigenvalue weighted by atomic mass is 35.5. The van der Waals surface area contributed by atoms with Crippen molar-refractivity contribution >= 4 is 24.0 Å². The third-order valence-corrected chi connectivity index (χ3v) is 7.66. The molecule has 0 bridgehead atoms. The number of hydrogen-bond acceptors (Lipinski definition) is 11. The van der Waals surface area contributed by atoms with E-state index >= 15 is 0 Å². The number of nitrogens with zero attached hydrogens (tertiary/aromatic N) is 7. The van der Waals surface area contributed by atoms with E-state index in [4.69, 9.17) is 21.1 Å². The zero-order chi connectivity index (χ0) is 34.0. The number of unbranched alkanes of at least 4 members (excludes halogenated alkanes) is 1. The molecule has 5 aromatic rings. The van der Waals surface area contributed by atoms with E-state index in [2.05, 4.69) is 32.2 Å². The molecule has 0 N–H and O–H groups in total. The van der Waals surface area contributed by atoms with E-state index in [9.17, 15) is 19.7 Å². The molecule has 48 heavy (non-hydrogen) atoms. The van der Waals surface area contributed by atoms with Gasteiger partial charge in [-0.3, -0.25) is 4.79 Å². The summed E-state index contributed by atoms with van der Waals surface area (Å²) in [4.78, 5) is 44.5. The van der Waals surface area contributed by atoms with Crippen molar-refractivity contribution in [3.8, 4) is 22.5 Å². The summed E-state index contributed by atoms with van der Waals surface area (Å²) in [5.74, 6) is 1.11. The van der Waals surface area contributed by atoms with Crippen LogP contribution in [-0.2, 0) is 40.5 Å². The van der Waals surface area contributed by atoms with Crippen LogP contribution in [-0.4, -0.2) is 47.3 Å². The van der Waals surface area contributed by atoms with Crippen molar-refractivity contribution in [2.24, 2.45) is 0 Å². The molecule has 0 aliphatic heterocycles. The fourth-order valence-corrected chi connectivity index (χ4v) is 5.23. The van der Waals surface area contributed by atoms with Gasteiger partial charge in [0.05, 0.1) is 0 Å². The number of aryl methyl sites for hydroxylation is 1. The maximum atomic E-state index is 12.4. The Bertz CT molecular complexity index is 1890. The average molecular weight is 674 g/mol. The topological polar surface area (TPSA) is 166 Å². The van der Waals surface area contributed by atoms with E-state index in [1.54, 1.807) is 31.2 Å². The van der Waals surface area contributed by atoms with Crippen molar-refractivity contribution < 1.29 is 29.0 Å². The molecule has 0 saturated carbocycles. The van der Waals surface area contributed by atoms with Crippen molar-refractivity contribution in [3.63, 3.8) is 0 Å². The van der Waals surface area contributed by atoms with Gasteiger partial charge in [-0.15, -0.1) is 25.1 Å². The van der Waals surface area contributed by atoms with Crippen molar-refractivity contribution in [2.75, 3.05) is 0 Å². The van der Waals surface area contributed by atoms with Crippen LogP contribution in [0.15, 0.2) is 72.8 Å². The number of carbonyl (C=O) groups excluding carboxylic acids is 2. The summed E-state index contributed by atoms with van der Waals surface area (Å²) in [5, 5.41) is 22.5. The predicted molar refractivity (Wildman–Crippen MR) is 173 cm³/mol. The molecule has 2 aromatic heterocycles. The minimum absolute atomic E-state index is 0.117. The predicted octanol–water partition coefficient (Wildman–Crippen LogP) is 6.64. The molecule has 5 rings (SSSR count). The number of aldehydes is 1. The van der Waals surface area contributed by atoms with Gasteiger partial charge in [0.1, 0.15) is 24.7 Å². The molecular formula is C33H32ClN7O7. The molecule has 248 valence electrons. The van der Waals surface area contributed by atoms with Crippen LogP contribution in [0.25, 0.3) is 22.5 Å². The van der Waals surface area contributed by atoms with E-state index in [-0.39, 0.29) is 18.4 Å². The average Bonchev–Trinajstić information content (AvgIpc) is 3.70. The van der Waals surface area contributed by atoms with Crippen molar-refractivity contribution in [1.82, 2.24) is 29.8 Å². The van der Waals surface area contributed by atoms with Crippen molar-refractivity contribution in [1.29, 1.82) is 0 Å². The number of ether oxygens (including phenoxy) is 2.